The SMILES string of the molecule is C=CC=CC(C=CC)(CCCC=C)CCCCC=C. The molecule has 0 rings (SSSR count). The summed E-state index contributed by atoms with van der Waals surface area (Å²) in [7, 11) is 0. The Labute approximate surface area is 120 Å². The Bertz CT molecular complexity index is 306. The van der Waals surface area contributed by atoms with Gasteiger partial charge in [-0.2, -0.15) is 0 Å². The number of rotatable bonds is 12. The van der Waals surface area contributed by atoms with E-state index < -0.39 is 0 Å². The van der Waals surface area contributed by atoms with Gasteiger partial charge in [-0.1, -0.05) is 55.5 Å². The first-order chi connectivity index (χ1) is 9.24. The van der Waals surface area contributed by atoms with Crippen LogP contribution in [0.25, 0.3) is 0 Å². The first-order valence-corrected chi connectivity index (χ1v) is 7.40. The fourth-order valence-corrected chi connectivity index (χ4v) is 2.42. The van der Waals surface area contributed by atoms with Crippen LogP contribution < -0.4 is 0 Å². The summed E-state index contributed by atoms with van der Waals surface area (Å²) in [5.41, 5.74) is 0.188. The third kappa shape index (κ3) is 8.42. The van der Waals surface area contributed by atoms with Crippen molar-refractivity contribution in [1.29, 1.82) is 0 Å². The molecule has 0 aromatic carbocycles. The van der Waals surface area contributed by atoms with Gasteiger partial charge in [-0.25, -0.2) is 0 Å². The molecule has 0 amide bonds. The Kier molecular flexibility index (Phi) is 11.0. The highest BCUT2D eigenvalue weighted by atomic mass is 14.3. The number of unbranched alkanes of at least 4 members (excludes halogenated alkanes) is 3. The van der Waals surface area contributed by atoms with Crippen LogP contribution in [0.3, 0.4) is 0 Å². The molecule has 0 N–H and O–H groups in total. The topological polar surface area (TPSA) is 0 Å². The molecule has 0 radical (unpaired) electrons. The van der Waals surface area contributed by atoms with Crippen molar-refractivity contribution >= 4 is 0 Å². The minimum Gasteiger partial charge on any atom is -0.103 e. The van der Waals surface area contributed by atoms with Gasteiger partial charge in [-0.3, -0.25) is 0 Å². The molecule has 0 fully saturated rings. The molecule has 0 aliphatic carbocycles. The lowest BCUT2D eigenvalue weighted by molar-refractivity contribution is 0.385. The van der Waals surface area contributed by atoms with Gasteiger partial charge in [0, 0.05) is 5.41 Å². The van der Waals surface area contributed by atoms with Crippen LogP contribution in [-0.4, -0.2) is 0 Å². The molecule has 0 bridgehead atoms. The Morgan fingerprint density at radius 1 is 0.842 bits per heavy atom. The zero-order valence-corrected chi connectivity index (χ0v) is 12.6. The van der Waals surface area contributed by atoms with E-state index >= 15 is 0 Å². The normalized spacial score (nSPS) is 14.6. The maximum absolute atomic E-state index is 3.81. The molecule has 19 heavy (non-hydrogen) atoms. The van der Waals surface area contributed by atoms with Crippen LogP contribution in [0.4, 0.5) is 0 Å². The van der Waals surface area contributed by atoms with Crippen molar-refractivity contribution in [2.75, 3.05) is 0 Å². The predicted octanol–water partition coefficient (Wildman–Crippen LogP) is 6.39. The van der Waals surface area contributed by atoms with Gasteiger partial charge >= 0.3 is 0 Å². The van der Waals surface area contributed by atoms with E-state index in [1.807, 2.05) is 18.2 Å². The van der Waals surface area contributed by atoms with Gasteiger partial charge in [-0.15, -0.1) is 13.2 Å². The highest BCUT2D eigenvalue weighted by Crippen LogP contribution is 2.35. The fourth-order valence-electron chi connectivity index (χ4n) is 2.42. The van der Waals surface area contributed by atoms with Crippen LogP contribution >= 0.6 is 0 Å². The Morgan fingerprint density at radius 2 is 1.47 bits per heavy atom. The van der Waals surface area contributed by atoms with Crippen LogP contribution in [-0.2, 0) is 0 Å². The van der Waals surface area contributed by atoms with Crippen molar-refractivity contribution in [1.82, 2.24) is 0 Å². The molecule has 0 spiro atoms. The quantitative estimate of drug-likeness (QED) is 0.216. The molecule has 0 aliphatic rings. The zero-order chi connectivity index (χ0) is 14.4. The summed E-state index contributed by atoms with van der Waals surface area (Å²) in [5, 5.41) is 0. The molecular formula is C19H30. The van der Waals surface area contributed by atoms with Crippen molar-refractivity contribution in [2.24, 2.45) is 5.41 Å². The van der Waals surface area contributed by atoms with Crippen molar-refractivity contribution in [3.8, 4) is 0 Å². The monoisotopic (exact) mass is 258 g/mol. The van der Waals surface area contributed by atoms with E-state index in [1.165, 1.54) is 32.1 Å². The predicted molar refractivity (Wildman–Crippen MR) is 89.3 cm³/mol. The summed E-state index contributed by atoms with van der Waals surface area (Å²) < 4.78 is 0. The van der Waals surface area contributed by atoms with E-state index in [0.29, 0.717) is 0 Å². The van der Waals surface area contributed by atoms with E-state index in [2.05, 4.69) is 51.0 Å². The molecule has 0 aliphatic heterocycles. The molecular weight excluding hydrogens is 228 g/mol. The lowest BCUT2D eigenvalue weighted by Gasteiger charge is -2.27. The molecule has 1 atom stereocenters. The summed E-state index contributed by atoms with van der Waals surface area (Å²) in [6, 6.07) is 0. The van der Waals surface area contributed by atoms with Crippen LogP contribution in [0.1, 0.15) is 51.9 Å². The average molecular weight is 258 g/mol. The van der Waals surface area contributed by atoms with Crippen molar-refractivity contribution in [2.45, 2.75) is 51.9 Å². The fraction of sp³-hybridized carbons (Fsp3) is 0.474. The van der Waals surface area contributed by atoms with Crippen LogP contribution in [0, 0.1) is 5.41 Å². The summed E-state index contributed by atoms with van der Waals surface area (Å²) in [6.07, 6.45) is 23.1. The smallest absolute Gasteiger partial charge is 0.00640 e. The third-order valence-electron chi connectivity index (χ3n) is 3.41. The average Bonchev–Trinajstić information content (AvgIpc) is 2.42. The van der Waals surface area contributed by atoms with E-state index in [9.17, 15) is 0 Å². The third-order valence-corrected chi connectivity index (χ3v) is 3.41. The van der Waals surface area contributed by atoms with Gasteiger partial charge in [0.2, 0.25) is 0 Å². The second kappa shape index (κ2) is 11.8. The molecule has 1 unspecified atom stereocenters. The van der Waals surface area contributed by atoms with Gasteiger partial charge in [0.15, 0.2) is 0 Å². The molecule has 0 saturated carbocycles. The molecule has 0 aromatic rings. The van der Waals surface area contributed by atoms with Gasteiger partial charge in [0.05, 0.1) is 0 Å². The zero-order valence-electron chi connectivity index (χ0n) is 12.6. The van der Waals surface area contributed by atoms with Gasteiger partial charge in [0.1, 0.15) is 0 Å². The van der Waals surface area contributed by atoms with Crippen molar-refractivity contribution < 1.29 is 0 Å². The molecule has 106 valence electrons. The largest absolute Gasteiger partial charge is 0.103 e. The van der Waals surface area contributed by atoms with Crippen LogP contribution in [0.15, 0.2) is 62.3 Å². The highest BCUT2D eigenvalue weighted by Gasteiger charge is 2.22. The highest BCUT2D eigenvalue weighted by molar-refractivity contribution is 5.14. The molecule has 0 nitrogen and oxygen atoms in total. The van der Waals surface area contributed by atoms with Gasteiger partial charge in [0.25, 0.3) is 0 Å². The molecule has 0 heteroatoms. The molecule has 0 saturated heterocycles. The maximum atomic E-state index is 3.81. The van der Waals surface area contributed by atoms with Crippen molar-refractivity contribution in [3.63, 3.8) is 0 Å². The summed E-state index contributed by atoms with van der Waals surface area (Å²) >= 11 is 0. The molecule has 0 heterocycles. The van der Waals surface area contributed by atoms with Crippen LogP contribution in [0.2, 0.25) is 0 Å². The number of allylic oxidation sites excluding steroid dienone is 7. The summed E-state index contributed by atoms with van der Waals surface area (Å²) in [4.78, 5) is 0. The Balaban J connectivity index is 4.69. The Hall–Kier alpha value is -1.30. The van der Waals surface area contributed by atoms with E-state index in [0.717, 1.165) is 12.8 Å². The first kappa shape index (κ1) is 17.7. The first-order valence-electron chi connectivity index (χ1n) is 7.40. The second-order valence-electron chi connectivity index (χ2n) is 5.04. The van der Waals surface area contributed by atoms with Gasteiger partial charge in [-0.05, 0) is 45.4 Å². The number of hydrogen-bond donors (Lipinski definition) is 0. The Morgan fingerprint density at radius 3 is 2.05 bits per heavy atom. The maximum Gasteiger partial charge on any atom is 0.00640 e. The number of hydrogen-bond acceptors (Lipinski definition) is 0. The lowest BCUT2D eigenvalue weighted by Crippen LogP contribution is -2.15. The summed E-state index contributed by atoms with van der Waals surface area (Å²) in [6.45, 7) is 13.5. The summed E-state index contributed by atoms with van der Waals surface area (Å²) in [5.74, 6) is 0. The van der Waals surface area contributed by atoms with Crippen LogP contribution in [0.5, 0.6) is 0 Å². The minimum absolute atomic E-state index is 0.188. The lowest BCUT2D eigenvalue weighted by atomic mass is 9.77. The standard InChI is InChI=1S/C19H30/c1-5-9-12-14-18-19(15-8-4,16-11-7-3)17-13-10-6-2/h5-8,11,15-16H,1-3,9-10,12-14,17-18H2,4H3. The van der Waals surface area contributed by atoms with E-state index in [4.69, 9.17) is 0 Å². The van der Waals surface area contributed by atoms with E-state index in [-0.39, 0.29) is 5.41 Å². The molecule has 0 aromatic heterocycles. The van der Waals surface area contributed by atoms with E-state index in [1.54, 1.807) is 0 Å². The van der Waals surface area contributed by atoms with Gasteiger partial charge < -0.3 is 0 Å². The second-order valence-corrected chi connectivity index (χ2v) is 5.04. The minimum atomic E-state index is 0.188. The van der Waals surface area contributed by atoms with Crippen molar-refractivity contribution in [3.05, 3.63) is 62.3 Å².